The molecule has 1 atom stereocenters. The van der Waals surface area contributed by atoms with Crippen LogP contribution in [-0.4, -0.2) is 26.8 Å². The van der Waals surface area contributed by atoms with Gasteiger partial charge in [0.05, 0.1) is 30.4 Å². The van der Waals surface area contributed by atoms with Crippen LogP contribution in [0.3, 0.4) is 0 Å². The molecule has 1 aromatic carbocycles. The largest absolute Gasteiger partial charge is 0.324 e. The van der Waals surface area contributed by atoms with Gasteiger partial charge in [-0.25, -0.2) is 9.97 Å². The Bertz CT molecular complexity index is 1010. The van der Waals surface area contributed by atoms with E-state index >= 15 is 0 Å². The topological polar surface area (TPSA) is 91.5 Å². The Morgan fingerprint density at radius 2 is 2.13 bits per heavy atom. The normalized spacial score (nSPS) is 15.1. The molecule has 4 rings (SSSR count). The fraction of sp³-hybridized carbons (Fsp3) is 0.391. The Labute approximate surface area is 177 Å². The molecule has 1 aliphatic rings. The summed E-state index contributed by atoms with van der Waals surface area (Å²) in [5, 5.41) is 20.3. The van der Waals surface area contributed by atoms with Crippen molar-refractivity contribution in [3.05, 3.63) is 54.5 Å². The van der Waals surface area contributed by atoms with Crippen LogP contribution in [0.5, 0.6) is 0 Å². The van der Waals surface area contributed by atoms with E-state index in [1.54, 1.807) is 6.20 Å². The molecule has 2 aromatic heterocycles. The van der Waals surface area contributed by atoms with E-state index in [2.05, 4.69) is 43.9 Å². The van der Waals surface area contributed by atoms with Crippen molar-refractivity contribution in [3.63, 3.8) is 0 Å². The standard InChI is InChI=1S/C23H27N7/c1-25-14-17-5-4-8-20(13-17)28-23-26-12-10-21(29-23)19-15-27-30(16-19)22(9-11-24)18-6-2-3-7-18/h4-5,8,10,12-13,15-16,18,22,25H,2-3,6-7,9,14H2,1H3,(H,26,28,29). The molecule has 1 saturated carbocycles. The predicted molar refractivity (Wildman–Crippen MR) is 117 cm³/mol. The highest BCUT2D eigenvalue weighted by molar-refractivity contribution is 5.61. The van der Waals surface area contributed by atoms with Crippen LogP contribution in [0.4, 0.5) is 11.6 Å². The molecule has 0 radical (unpaired) electrons. The van der Waals surface area contributed by atoms with Crippen molar-refractivity contribution in [3.8, 4) is 17.3 Å². The molecule has 0 spiro atoms. The minimum atomic E-state index is 0.139. The van der Waals surface area contributed by atoms with E-state index in [-0.39, 0.29) is 6.04 Å². The van der Waals surface area contributed by atoms with Crippen molar-refractivity contribution in [1.29, 1.82) is 5.26 Å². The van der Waals surface area contributed by atoms with E-state index in [0.29, 0.717) is 18.3 Å². The van der Waals surface area contributed by atoms with Gasteiger partial charge in [-0.2, -0.15) is 10.4 Å². The van der Waals surface area contributed by atoms with Gasteiger partial charge in [-0.1, -0.05) is 25.0 Å². The highest BCUT2D eigenvalue weighted by Gasteiger charge is 2.27. The van der Waals surface area contributed by atoms with Crippen molar-refractivity contribution in [2.24, 2.45) is 5.92 Å². The van der Waals surface area contributed by atoms with Crippen molar-refractivity contribution >= 4 is 11.6 Å². The molecule has 0 bridgehead atoms. The molecule has 2 N–H and O–H groups in total. The quantitative estimate of drug-likeness (QED) is 0.579. The zero-order valence-corrected chi connectivity index (χ0v) is 17.3. The second kappa shape index (κ2) is 9.51. The molecule has 30 heavy (non-hydrogen) atoms. The molecule has 7 heteroatoms. The maximum Gasteiger partial charge on any atom is 0.227 e. The number of benzene rings is 1. The first-order valence-electron chi connectivity index (χ1n) is 10.5. The molecule has 7 nitrogen and oxygen atoms in total. The van der Waals surface area contributed by atoms with Gasteiger partial charge in [0.2, 0.25) is 5.95 Å². The van der Waals surface area contributed by atoms with E-state index in [1.165, 1.54) is 31.2 Å². The molecule has 0 saturated heterocycles. The van der Waals surface area contributed by atoms with E-state index in [0.717, 1.165) is 23.5 Å². The Balaban J connectivity index is 1.53. The molecule has 0 amide bonds. The first-order valence-corrected chi connectivity index (χ1v) is 10.5. The number of anilines is 2. The lowest BCUT2D eigenvalue weighted by Gasteiger charge is -2.21. The maximum atomic E-state index is 9.29. The summed E-state index contributed by atoms with van der Waals surface area (Å²) in [7, 11) is 1.93. The number of nitrogens with zero attached hydrogens (tertiary/aromatic N) is 5. The highest BCUT2D eigenvalue weighted by atomic mass is 15.3. The summed E-state index contributed by atoms with van der Waals surface area (Å²) in [4.78, 5) is 9.04. The van der Waals surface area contributed by atoms with E-state index in [4.69, 9.17) is 0 Å². The summed E-state index contributed by atoms with van der Waals surface area (Å²) in [5.41, 5.74) is 3.89. The summed E-state index contributed by atoms with van der Waals surface area (Å²) in [6.07, 6.45) is 10.9. The van der Waals surface area contributed by atoms with Gasteiger partial charge in [0.15, 0.2) is 0 Å². The molecule has 154 valence electrons. The predicted octanol–water partition coefficient (Wildman–Crippen LogP) is 4.45. The molecular weight excluding hydrogens is 374 g/mol. The lowest BCUT2D eigenvalue weighted by Crippen LogP contribution is -2.17. The fourth-order valence-electron chi connectivity index (χ4n) is 4.24. The van der Waals surface area contributed by atoms with Crippen LogP contribution < -0.4 is 10.6 Å². The zero-order chi connectivity index (χ0) is 20.8. The van der Waals surface area contributed by atoms with Gasteiger partial charge in [0.25, 0.3) is 0 Å². The highest BCUT2D eigenvalue weighted by Crippen LogP contribution is 2.36. The molecule has 3 aromatic rings. The molecule has 1 aliphatic carbocycles. The van der Waals surface area contributed by atoms with Crippen molar-refractivity contribution in [2.75, 3.05) is 12.4 Å². The summed E-state index contributed by atoms with van der Waals surface area (Å²) in [6.45, 7) is 0.806. The molecule has 2 heterocycles. The summed E-state index contributed by atoms with van der Waals surface area (Å²) in [5.74, 6) is 1.08. The summed E-state index contributed by atoms with van der Waals surface area (Å²) >= 11 is 0. The fourth-order valence-corrected chi connectivity index (χ4v) is 4.24. The first kappa shape index (κ1) is 20.0. The molecule has 1 fully saturated rings. The van der Waals surface area contributed by atoms with Crippen molar-refractivity contribution < 1.29 is 0 Å². The van der Waals surface area contributed by atoms with Gasteiger partial charge in [-0.15, -0.1) is 0 Å². The third-order valence-corrected chi connectivity index (χ3v) is 5.70. The Kier molecular flexibility index (Phi) is 6.35. The Morgan fingerprint density at radius 1 is 1.27 bits per heavy atom. The van der Waals surface area contributed by atoms with Gasteiger partial charge in [-0.3, -0.25) is 4.68 Å². The van der Waals surface area contributed by atoms with Gasteiger partial charge >= 0.3 is 0 Å². The van der Waals surface area contributed by atoms with E-state index in [1.807, 2.05) is 42.3 Å². The number of aromatic nitrogens is 4. The smallest absolute Gasteiger partial charge is 0.227 e. The molecular formula is C23H27N7. The van der Waals surface area contributed by atoms with Crippen LogP contribution >= 0.6 is 0 Å². The zero-order valence-electron chi connectivity index (χ0n) is 17.3. The lowest BCUT2D eigenvalue weighted by atomic mass is 9.96. The molecule has 0 aliphatic heterocycles. The van der Waals surface area contributed by atoms with Crippen molar-refractivity contribution in [2.45, 2.75) is 44.7 Å². The van der Waals surface area contributed by atoms with Crippen LogP contribution in [0, 0.1) is 17.2 Å². The molecule has 1 unspecified atom stereocenters. The SMILES string of the molecule is CNCc1cccc(Nc2nccc(-c3cnn(C(CC#N)C4CCCC4)c3)n2)c1. The Morgan fingerprint density at radius 3 is 2.93 bits per heavy atom. The number of hydrogen-bond acceptors (Lipinski definition) is 6. The van der Waals surface area contributed by atoms with Crippen molar-refractivity contribution in [1.82, 2.24) is 25.1 Å². The third kappa shape index (κ3) is 4.66. The number of rotatable bonds is 8. The van der Waals surface area contributed by atoms with E-state index in [9.17, 15) is 5.26 Å². The van der Waals surface area contributed by atoms with Crippen LogP contribution in [0.1, 0.15) is 43.7 Å². The number of nitrogens with one attached hydrogen (secondary N) is 2. The number of nitriles is 1. The Hall–Kier alpha value is -3.24. The minimum absolute atomic E-state index is 0.139. The van der Waals surface area contributed by atoms with Crippen LogP contribution in [0.15, 0.2) is 48.9 Å². The summed E-state index contributed by atoms with van der Waals surface area (Å²) in [6, 6.07) is 12.5. The second-order valence-corrected chi connectivity index (χ2v) is 7.80. The first-order chi connectivity index (χ1) is 14.8. The van der Waals surface area contributed by atoms with E-state index < -0.39 is 0 Å². The van der Waals surface area contributed by atoms with Crippen LogP contribution in [-0.2, 0) is 6.54 Å². The van der Waals surface area contributed by atoms with Gasteiger partial charge in [0.1, 0.15) is 0 Å². The minimum Gasteiger partial charge on any atom is -0.324 e. The van der Waals surface area contributed by atoms with Crippen LogP contribution in [0.25, 0.3) is 11.3 Å². The average molecular weight is 402 g/mol. The van der Waals surface area contributed by atoms with Gasteiger partial charge in [0, 0.05) is 30.2 Å². The third-order valence-electron chi connectivity index (χ3n) is 5.70. The second-order valence-electron chi connectivity index (χ2n) is 7.80. The monoisotopic (exact) mass is 401 g/mol. The maximum absolute atomic E-state index is 9.29. The van der Waals surface area contributed by atoms with Crippen LogP contribution in [0.2, 0.25) is 0 Å². The summed E-state index contributed by atoms with van der Waals surface area (Å²) < 4.78 is 1.96. The average Bonchev–Trinajstić information content (AvgIpc) is 3.45. The lowest BCUT2D eigenvalue weighted by molar-refractivity contribution is 0.315. The number of hydrogen-bond donors (Lipinski definition) is 2. The van der Waals surface area contributed by atoms with Gasteiger partial charge in [-0.05, 0) is 49.6 Å². The van der Waals surface area contributed by atoms with Gasteiger partial charge < -0.3 is 10.6 Å².